The van der Waals surface area contributed by atoms with E-state index in [4.69, 9.17) is 0 Å². The first kappa shape index (κ1) is 24.9. The van der Waals surface area contributed by atoms with Crippen LogP contribution in [0.3, 0.4) is 0 Å². The van der Waals surface area contributed by atoms with Crippen LogP contribution in [-0.2, 0) is 19.4 Å². The number of piperidine rings is 1. The van der Waals surface area contributed by atoms with Crippen molar-refractivity contribution in [3.8, 4) is 0 Å². The fourth-order valence-corrected chi connectivity index (χ4v) is 4.52. The third kappa shape index (κ3) is 4.95. The van der Waals surface area contributed by atoms with Crippen molar-refractivity contribution in [2.24, 2.45) is 7.05 Å². The molecule has 1 aliphatic rings. The average Bonchev–Trinajstić information content (AvgIpc) is 2.80. The smallest absolute Gasteiger partial charge is 0.386 e. The summed E-state index contributed by atoms with van der Waals surface area (Å²) in [5.74, 6) is -0.421. The molecule has 1 amide bonds. The van der Waals surface area contributed by atoms with Crippen molar-refractivity contribution in [2.75, 3.05) is 6.54 Å². The van der Waals surface area contributed by atoms with Crippen LogP contribution >= 0.6 is 0 Å². The van der Waals surface area contributed by atoms with E-state index in [1.807, 2.05) is 0 Å². The zero-order chi connectivity index (χ0) is 25.5. The van der Waals surface area contributed by atoms with Gasteiger partial charge in [-0.25, -0.2) is 9.55 Å². The number of amides is 1. The molecule has 35 heavy (non-hydrogen) atoms. The highest BCUT2D eigenvalue weighted by Gasteiger charge is 2.40. The highest BCUT2D eigenvalue weighted by atomic mass is 19.4. The van der Waals surface area contributed by atoms with Gasteiger partial charge in [0.05, 0.1) is 17.1 Å². The molecule has 5 nitrogen and oxygen atoms in total. The highest BCUT2D eigenvalue weighted by molar-refractivity contribution is 5.94. The Bertz CT molecular complexity index is 1260. The maximum absolute atomic E-state index is 13.6. The van der Waals surface area contributed by atoms with Crippen molar-refractivity contribution in [1.29, 1.82) is 0 Å². The summed E-state index contributed by atoms with van der Waals surface area (Å²) in [7, 11) is 1.72. The highest BCUT2D eigenvalue weighted by Crippen LogP contribution is 2.41. The van der Waals surface area contributed by atoms with Crippen LogP contribution in [0.15, 0.2) is 48.8 Å². The maximum atomic E-state index is 13.6. The molecule has 1 saturated heterocycles. The number of aryl methyl sites for hydroxylation is 1. The van der Waals surface area contributed by atoms with Gasteiger partial charge in [-0.15, -0.1) is 0 Å². The van der Waals surface area contributed by atoms with Crippen molar-refractivity contribution in [2.45, 2.75) is 43.8 Å². The zero-order valence-corrected chi connectivity index (χ0v) is 18.6. The Labute approximate surface area is 196 Å². The molecule has 0 aliphatic carbocycles. The van der Waals surface area contributed by atoms with Gasteiger partial charge in [-0.3, -0.25) is 4.79 Å². The van der Waals surface area contributed by atoms with E-state index >= 15 is 0 Å². The van der Waals surface area contributed by atoms with Gasteiger partial charge in [0.2, 0.25) is 0 Å². The molecular formula is C24H22F6N3O2+. The number of fused-ring (bicyclic) bond motifs is 1. The lowest BCUT2D eigenvalue weighted by Gasteiger charge is -2.39. The fraction of sp³-hybridized carbons (Fsp3) is 0.375. The molecule has 2 aromatic heterocycles. The standard InChI is InChI=1S/C24H22F6N3O2/c1-32-10-5-6-14(13-32)22(35)33-11-3-2-9-18(33)21(34)16-12-19(24(28,29)30)31-20-15(16)7-4-8-17(20)23(25,26)27/h4-8,10,12-13,18,21,34H,2-3,9,11H2,1H3/q+1/t18-,21+/m1/s1. The lowest BCUT2D eigenvalue weighted by atomic mass is 9.89. The molecule has 0 unspecified atom stereocenters. The second-order valence-corrected chi connectivity index (χ2v) is 8.56. The van der Waals surface area contributed by atoms with Gasteiger partial charge < -0.3 is 10.0 Å². The quantitative estimate of drug-likeness (QED) is 0.416. The number of alkyl halides is 6. The molecule has 4 rings (SSSR count). The number of nitrogens with zero attached hydrogens (tertiary/aromatic N) is 3. The average molecular weight is 498 g/mol. The van der Waals surface area contributed by atoms with Crippen LogP contribution in [0.4, 0.5) is 26.3 Å². The molecule has 0 saturated carbocycles. The SMILES string of the molecule is C[n+]1cccc(C(=O)N2CCCC[C@@H]2[C@@H](O)c2cc(C(F)(F)F)nc3c(C(F)(F)F)cccc23)c1. The summed E-state index contributed by atoms with van der Waals surface area (Å²) in [5, 5.41) is 11.0. The number of carbonyl (C=O) groups is 1. The van der Waals surface area contributed by atoms with E-state index in [1.165, 1.54) is 11.0 Å². The second-order valence-electron chi connectivity index (χ2n) is 8.56. The van der Waals surface area contributed by atoms with E-state index in [0.717, 1.165) is 6.07 Å². The monoisotopic (exact) mass is 498 g/mol. The maximum Gasteiger partial charge on any atom is 0.433 e. The number of benzene rings is 1. The molecule has 0 radical (unpaired) electrons. The number of aromatic nitrogens is 2. The summed E-state index contributed by atoms with van der Waals surface area (Å²) in [6, 6.07) is 5.80. The molecule has 1 N–H and O–H groups in total. The molecular weight excluding hydrogens is 476 g/mol. The third-order valence-corrected chi connectivity index (χ3v) is 6.15. The Hall–Kier alpha value is -3.21. The molecule has 3 aromatic rings. The summed E-state index contributed by atoms with van der Waals surface area (Å²) in [6.07, 6.45) is -6.86. The van der Waals surface area contributed by atoms with E-state index in [2.05, 4.69) is 4.98 Å². The van der Waals surface area contributed by atoms with Crippen molar-refractivity contribution >= 4 is 16.8 Å². The predicted molar refractivity (Wildman–Crippen MR) is 113 cm³/mol. The number of halogens is 6. The Morgan fingerprint density at radius 1 is 1.11 bits per heavy atom. The lowest BCUT2D eigenvalue weighted by Crippen LogP contribution is -2.47. The molecule has 2 atom stereocenters. The van der Waals surface area contributed by atoms with Crippen molar-refractivity contribution < 1.29 is 40.8 Å². The number of pyridine rings is 2. The van der Waals surface area contributed by atoms with E-state index < -0.39 is 47.2 Å². The van der Waals surface area contributed by atoms with Crippen LogP contribution in [0.5, 0.6) is 0 Å². The van der Waals surface area contributed by atoms with E-state index in [-0.39, 0.29) is 23.9 Å². The Morgan fingerprint density at radius 2 is 1.86 bits per heavy atom. The Morgan fingerprint density at radius 3 is 2.51 bits per heavy atom. The minimum Gasteiger partial charge on any atom is -0.386 e. The summed E-state index contributed by atoms with van der Waals surface area (Å²) in [6.45, 7) is 0.252. The van der Waals surface area contributed by atoms with Crippen LogP contribution in [0, 0.1) is 0 Å². The molecule has 1 aliphatic heterocycles. The summed E-state index contributed by atoms with van der Waals surface area (Å²) < 4.78 is 83.2. The van der Waals surface area contributed by atoms with Gasteiger partial charge in [-0.2, -0.15) is 26.3 Å². The number of hydrogen-bond donors (Lipinski definition) is 1. The summed E-state index contributed by atoms with van der Waals surface area (Å²) in [4.78, 5) is 17.9. The van der Waals surface area contributed by atoms with Gasteiger partial charge in [0.1, 0.15) is 24.4 Å². The normalized spacial score (nSPS) is 18.1. The van der Waals surface area contributed by atoms with Crippen molar-refractivity contribution in [1.82, 2.24) is 9.88 Å². The number of likely N-dealkylation sites (tertiary alicyclic amines) is 1. The second kappa shape index (κ2) is 9.10. The van der Waals surface area contributed by atoms with E-state index in [0.29, 0.717) is 30.5 Å². The molecule has 3 heterocycles. The molecule has 0 bridgehead atoms. The first-order valence-corrected chi connectivity index (χ1v) is 10.9. The number of rotatable bonds is 3. The number of aliphatic hydroxyl groups is 1. The third-order valence-electron chi connectivity index (χ3n) is 6.15. The van der Waals surface area contributed by atoms with Crippen LogP contribution in [0.1, 0.15) is 52.5 Å². The van der Waals surface area contributed by atoms with Gasteiger partial charge in [0.15, 0.2) is 12.4 Å². The lowest BCUT2D eigenvalue weighted by molar-refractivity contribution is -0.671. The first-order chi connectivity index (χ1) is 16.4. The van der Waals surface area contributed by atoms with E-state index in [1.54, 1.807) is 36.1 Å². The van der Waals surface area contributed by atoms with Crippen LogP contribution in [0.2, 0.25) is 0 Å². The van der Waals surface area contributed by atoms with Crippen LogP contribution in [0.25, 0.3) is 10.9 Å². The number of para-hydroxylation sites is 1. The molecule has 1 fully saturated rings. The van der Waals surface area contributed by atoms with Crippen LogP contribution < -0.4 is 4.57 Å². The first-order valence-electron chi connectivity index (χ1n) is 10.9. The molecule has 11 heteroatoms. The number of carbonyl (C=O) groups excluding carboxylic acids is 1. The largest absolute Gasteiger partial charge is 0.433 e. The predicted octanol–water partition coefficient (Wildman–Crippen LogP) is 4.83. The molecule has 1 aromatic carbocycles. The zero-order valence-electron chi connectivity index (χ0n) is 18.6. The van der Waals surface area contributed by atoms with Crippen molar-refractivity contribution in [3.05, 3.63) is 71.2 Å². The van der Waals surface area contributed by atoms with Gasteiger partial charge >= 0.3 is 12.4 Å². The molecule has 186 valence electrons. The Balaban J connectivity index is 1.84. The topological polar surface area (TPSA) is 57.3 Å². The van der Waals surface area contributed by atoms with Crippen molar-refractivity contribution in [3.63, 3.8) is 0 Å². The van der Waals surface area contributed by atoms with Gasteiger partial charge in [-0.1, -0.05) is 12.1 Å². The fourth-order valence-electron chi connectivity index (χ4n) is 4.52. The summed E-state index contributed by atoms with van der Waals surface area (Å²) >= 11 is 0. The Kier molecular flexibility index (Phi) is 6.48. The minimum atomic E-state index is -5.04. The van der Waals surface area contributed by atoms with E-state index in [9.17, 15) is 36.2 Å². The minimum absolute atomic E-state index is 0.246. The van der Waals surface area contributed by atoms with Gasteiger partial charge in [-0.05, 0) is 43.0 Å². The van der Waals surface area contributed by atoms with Gasteiger partial charge in [0, 0.05) is 18.0 Å². The summed E-state index contributed by atoms with van der Waals surface area (Å²) in [5.41, 5.74) is -3.80. The molecule has 0 spiro atoms. The van der Waals surface area contributed by atoms with Gasteiger partial charge in [0.25, 0.3) is 5.91 Å². The number of aliphatic hydroxyl groups excluding tert-OH is 1. The number of hydrogen-bond acceptors (Lipinski definition) is 3. The van der Waals surface area contributed by atoms with Crippen LogP contribution in [-0.4, -0.2) is 33.5 Å².